The van der Waals surface area contributed by atoms with Crippen molar-refractivity contribution in [2.75, 3.05) is 21.2 Å². The van der Waals surface area contributed by atoms with Gasteiger partial charge in [-0.1, -0.05) is 13.8 Å². The number of nitrogens with two attached hydrogens (primary N) is 1. The molecular weight excluding hydrogens is 303 g/mol. The monoisotopic (exact) mass is 328 g/mol. The van der Waals surface area contributed by atoms with Crippen LogP contribution in [-0.4, -0.2) is 49.1 Å². The number of benzene rings is 1. The van der Waals surface area contributed by atoms with E-state index in [-0.39, 0.29) is 29.2 Å². The zero-order valence-corrected chi connectivity index (χ0v) is 14.4. The van der Waals surface area contributed by atoms with Crippen molar-refractivity contribution in [1.82, 2.24) is 4.90 Å². The number of methoxy groups -OCH3 is 1. The first-order valence-electron chi connectivity index (χ1n) is 7.26. The molecule has 0 aliphatic rings. The molecule has 7 heteroatoms. The van der Waals surface area contributed by atoms with Crippen molar-refractivity contribution >= 4 is 11.9 Å². The summed E-state index contributed by atoms with van der Waals surface area (Å²) in [7, 11) is 4.38. The Balaban J connectivity index is 0.00000232. The number of hydrogen-bond acceptors (Lipinski definition) is 4. The first kappa shape index (κ1) is 20.9. The maximum absolute atomic E-state index is 14.1. The molecule has 0 aliphatic carbocycles. The molecule has 6 nitrogen and oxygen atoms in total. The summed E-state index contributed by atoms with van der Waals surface area (Å²) in [5.74, 6) is -2.39. The number of aliphatic carboxylic acids is 1. The number of carbonyl (C=O) groups is 2. The van der Waals surface area contributed by atoms with Crippen LogP contribution in [0.3, 0.4) is 0 Å². The number of ether oxygens (including phenoxy) is 1. The molecule has 0 fully saturated rings. The number of halogens is 1. The van der Waals surface area contributed by atoms with Gasteiger partial charge in [0.05, 0.1) is 7.11 Å². The summed E-state index contributed by atoms with van der Waals surface area (Å²) in [6.07, 6.45) is -0.129. The van der Waals surface area contributed by atoms with E-state index in [4.69, 9.17) is 15.6 Å². The van der Waals surface area contributed by atoms with Gasteiger partial charge >= 0.3 is 5.97 Å². The van der Waals surface area contributed by atoms with Crippen molar-refractivity contribution in [1.29, 1.82) is 0 Å². The summed E-state index contributed by atoms with van der Waals surface area (Å²) in [5, 5.41) is 8.90. The van der Waals surface area contributed by atoms with Crippen molar-refractivity contribution in [2.24, 2.45) is 5.73 Å². The second kappa shape index (κ2) is 9.09. The molecular formula is C16H25FN2O4. The Labute approximate surface area is 136 Å². The normalized spacial score (nSPS) is 11.1. The molecule has 0 aliphatic heterocycles. The van der Waals surface area contributed by atoms with Crippen LogP contribution in [0.5, 0.6) is 5.75 Å². The van der Waals surface area contributed by atoms with Crippen LogP contribution >= 0.6 is 0 Å². The number of hydrogen-bond donors (Lipinski definition) is 2. The zero-order valence-electron chi connectivity index (χ0n) is 14.4. The van der Waals surface area contributed by atoms with E-state index in [1.807, 2.05) is 13.8 Å². The lowest BCUT2D eigenvalue weighted by molar-refractivity contribution is -0.138. The SMILES string of the molecule is CC.COc1c(F)cc(C(=O)N(C)C)c(C)c1CC(N)C(=O)O. The molecule has 3 N–H and O–H groups in total. The fourth-order valence-electron chi connectivity index (χ4n) is 2.01. The second-order valence-electron chi connectivity index (χ2n) is 4.89. The molecule has 0 bridgehead atoms. The van der Waals surface area contributed by atoms with Crippen molar-refractivity contribution in [3.63, 3.8) is 0 Å². The van der Waals surface area contributed by atoms with Crippen LogP contribution in [0.1, 0.15) is 35.3 Å². The predicted molar refractivity (Wildman–Crippen MR) is 86.4 cm³/mol. The Hall–Kier alpha value is -2.15. The van der Waals surface area contributed by atoms with E-state index in [1.165, 1.54) is 12.0 Å². The fourth-order valence-corrected chi connectivity index (χ4v) is 2.01. The predicted octanol–water partition coefficient (Wildman–Crippen LogP) is 1.83. The van der Waals surface area contributed by atoms with Gasteiger partial charge < -0.3 is 20.5 Å². The minimum Gasteiger partial charge on any atom is -0.493 e. The highest BCUT2D eigenvalue weighted by atomic mass is 19.1. The topological polar surface area (TPSA) is 92.9 Å². The molecule has 0 saturated carbocycles. The lowest BCUT2D eigenvalue weighted by Gasteiger charge is -2.19. The smallest absolute Gasteiger partial charge is 0.320 e. The van der Waals surface area contributed by atoms with Crippen LogP contribution in [0.4, 0.5) is 4.39 Å². The molecule has 0 aromatic heterocycles. The number of carboxylic acid groups (broad SMARTS) is 1. The molecule has 0 spiro atoms. The third-order valence-corrected chi connectivity index (χ3v) is 3.20. The number of amides is 1. The Bertz CT molecular complexity index is 574. The quantitative estimate of drug-likeness (QED) is 0.860. The maximum Gasteiger partial charge on any atom is 0.320 e. The van der Waals surface area contributed by atoms with Crippen molar-refractivity contribution in [2.45, 2.75) is 33.2 Å². The minimum absolute atomic E-state index is 0.0838. The Kier molecular flexibility index (Phi) is 8.24. The van der Waals surface area contributed by atoms with Crippen LogP contribution in [-0.2, 0) is 11.2 Å². The zero-order chi connectivity index (χ0) is 18.3. The van der Waals surface area contributed by atoms with Gasteiger partial charge in [0.15, 0.2) is 11.6 Å². The van der Waals surface area contributed by atoms with Crippen LogP contribution in [0.25, 0.3) is 0 Å². The Morgan fingerprint density at radius 1 is 1.39 bits per heavy atom. The highest BCUT2D eigenvalue weighted by Crippen LogP contribution is 2.30. The molecule has 130 valence electrons. The fraction of sp³-hybridized carbons (Fsp3) is 0.500. The van der Waals surface area contributed by atoms with Crippen LogP contribution < -0.4 is 10.5 Å². The molecule has 1 atom stereocenters. The highest BCUT2D eigenvalue weighted by Gasteiger charge is 2.24. The van der Waals surface area contributed by atoms with E-state index in [1.54, 1.807) is 21.0 Å². The maximum atomic E-state index is 14.1. The highest BCUT2D eigenvalue weighted by molar-refractivity contribution is 5.96. The van der Waals surface area contributed by atoms with Gasteiger partial charge in [-0.3, -0.25) is 9.59 Å². The number of nitrogens with zero attached hydrogens (tertiary/aromatic N) is 1. The van der Waals surface area contributed by atoms with E-state index >= 15 is 0 Å². The lowest BCUT2D eigenvalue weighted by Crippen LogP contribution is -2.33. The van der Waals surface area contributed by atoms with Crippen molar-refractivity contribution < 1.29 is 23.8 Å². The molecule has 23 heavy (non-hydrogen) atoms. The van der Waals surface area contributed by atoms with E-state index in [2.05, 4.69) is 0 Å². The minimum atomic E-state index is -1.21. The van der Waals surface area contributed by atoms with Gasteiger partial charge in [0.1, 0.15) is 6.04 Å². The molecule has 1 unspecified atom stereocenters. The van der Waals surface area contributed by atoms with Crippen LogP contribution in [0, 0.1) is 12.7 Å². The van der Waals surface area contributed by atoms with Crippen molar-refractivity contribution in [3.05, 3.63) is 28.6 Å². The molecule has 1 rings (SSSR count). The van der Waals surface area contributed by atoms with Crippen LogP contribution in [0.2, 0.25) is 0 Å². The first-order valence-corrected chi connectivity index (χ1v) is 7.26. The van der Waals surface area contributed by atoms with Crippen LogP contribution in [0.15, 0.2) is 6.07 Å². The first-order chi connectivity index (χ1) is 10.7. The van der Waals surface area contributed by atoms with E-state index in [0.29, 0.717) is 5.56 Å². The Morgan fingerprint density at radius 2 is 1.91 bits per heavy atom. The summed E-state index contributed by atoms with van der Waals surface area (Å²) in [4.78, 5) is 24.3. The van der Waals surface area contributed by atoms with E-state index < -0.39 is 17.8 Å². The molecule has 0 radical (unpaired) electrons. The van der Waals surface area contributed by atoms with E-state index in [9.17, 15) is 14.0 Å². The Morgan fingerprint density at radius 3 is 2.30 bits per heavy atom. The van der Waals surface area contributed by atoms with Gasteiger partial charge in [-0.15, -0.1) is 0 Å². The van der Waals surface area contributed by atoms with Crippen molar-refractivity contribution in [3.8, 4) is 5.75 Å². The average Bonchev–Trinajstić information content (AvgIpc) is 2.51. The molecule has 1 aromatic rings. The number of rotatable bonds is 5. The van der Waals surface area contributed by atoms with Gasteiger partial charge in [-0.25, -0.2) is 4.39 Å². The number of carboxylic acids is 1. The largest absolute Gasteiger partial charge is 0.493 e. The molecule has 0 heterocycles. The van der Waals surface area contributed by atoms with Gasteiger partial charge in [0.25, 0.3) is 5.91 Å². The second-order valence-corrected chi connectivity index (χ2v) is 4.89. The van der Waals surface area contributed by atoms with Gasteiger partial charge in [0, 0.05) is 31.6 Å². The summed E-state index contributed by atoms with van der Waals surface area (Å²) in [6.45, 7) is 5.61. The summed E-state index contributed by atoms with van der Waals surface area (Å²) < 4.78 is 19.1. The molecule has 1 amide bonds. The van der Waals surface area contributed by atoms with Gasteiger partial charge in [0.2, 0.25) is 0 Å². The van der Waals surface area contributed by atoms with Gasteiger partial charge in [-0.2, -0.15) is 0 Å². The molecule has 1 aromatic carbocycles. The van der Waals surface area contributed by atoms with E-state index in [0.717, 1.165) is 6.07 Å². The summed E-state index contributed by atoms with van der Waals surface area (Å²) in [5.41, 5.74) is 6.41. The lowest BCUT2D eigenvalue weighted by atomic mass is 9.95. The summed E-state index contributed by atoms with van der Waals surface area (Å²) >= 11 is 0. The molecule has 0 saturated heterocycles. The van der Waals surface area contributed by atoms with Gasteiger partial charge in [-0.05, 0) is 18.6 Å². The third-order valence-electron chi connectivity index (χ3n) is 3.20. The standard InChI is InChI=1S/C14H19FN2O4.C2H6/c1-7-8(6-11(16)14(19)20)12(21-4)10(15)5-9(7)13(18)17(2)3;1-2/h5,11H,6,16H2,1-4H3,(H,19,20);1-2H3. The number of carbonyl (C=O) groups excluding carboxylic acids is 1. The average molecular weight is 328 g/mol. The summed E-state index contributed by atoms with van der Waals surface area (Å²) in [6, 6.07) is -0.117. The third kappa shape index (κ3) is 4.92.